The lowest BCUT2D eigenvalue weighted by Gasteiger charge is -2.05. The molecule has 12 heavy (non-hydrogen) atoms. The van der Waals surface area contributed by atoms with E-state index in [2.05, 4.69) is 16.3 Å². The predicted molar refractivity (Wildman–Crippen MR) is 54.5 cm³/mol. The van der Waals surface area contributed by atoms with Gasteiger partial charge in [0.25, 0.3) is 0 Å². The molecule has 0 atom stereocenters. The van der Waals surface area contributed by atoms with Crippen LogP contribution >= 0.6 is 0 Å². The minimum absolute atomic E-state index is 0.529. The van der Waals surface area contributed by atoms with Gasteiger partial charge in [-0.3, -0.25) is 0 Å². The van der Waals surface area contributed by atoms with Gasteiger partial charge in [-0.1, -0.05) is 12.2 Å². The van der Waals surface area contributed by atoms with E-state index in [1.807, 2.05) is 6.92 Å². The molecule has 0 aliphatic carbocycles. The van der Waals surface area contributed by atoms with Gasteiger partial charge in [-0.05, 0) is 19.4 Å². The largest absolute Gasteiger partial charge is 0.435 e. The lowest BCUT2D eigenvalue weighted by molar-refractivity contribution is 0.156. The SMILES string of the molecule is C=C(C)COCCC[Si](O)[Si][Si]. The summed E-state index contributed by atoms with van der Waals surface area (Å²) in [5.74, 6) is 0. The molecule has 66 valence electrons. The van der Waals surface area contributed by atoms with E-state index < -0.39 is 8.56 Å². The predicted octanol–water partition coefficient (Wildman–Crippen LogP) is 0.237. The van der Waals surface area contributed by atoms with Crippen LogP contribution in [0.1, 0.15) is 13.3 Å². The highest BCUT2D eigenvalue weighted by atomic mass is 29.5. The summed E-state index contributed by atoms with van der Waals surface area (Å²) >= 11 is 0. The van der Waals surface area contributed by atoms with E-state index in [9.17, 15) is 4.80 Å². The zero-order chi connectivity index (χ0) is 9.40. The summed E-state index contributed by atoms with van der Waals surface area (Å²) in [7, 11) is 2.76. The van der Waals surface area contributed by atoms with Crippen LogP contribution in [0.3, 0.4) is 0 Å². The topological polar surface area (TPSA) is 29.5 Å². The standard InChI is InChI=1S/C7H14O2Si3/c1-7(2)6-9-4-3-5-12(8)11-10/h8H,1,3-6H2,2H3. The Kier molecular flexibility index (Phi) is 8.14. The van der Waals surface area contributed by atoms with Crippen molar-refractivity contribution in [3.8, 4) is 0 Å². The van der Waals surface area contributed by atoms with Gasteiger partial charge in [0.1, 0.15) is 0 Å². The van der Waals surface area contributed by atoms with Crippen LogP contribution in [0.15, 0.2) is 12.2 Å². The maximum atomic E-state index is 9.26. The summed E-state index contributed by atoms with van der Waals surface area (Å²) in [5.41, 5.74) is 1.05. The van der Waals surface area contributed by atoms with Crippen molar-refractivity contribution in [2.24, 2.45) is 0 Å². The highest BCUT2D eigenvalue weighted by Crippen LogP contribution is 1.95. The minimum Gasteiger partial charge on any atom is -0.435 e. The van der Waals surface area contributed by atoms with Gasteiger partial charge in [-0.2, -0.15) is 0 Å². The van der Waals surface area contributed by atoms with Crippen LogP contribution in [-0.2, 0) is 4.74 Å². The van der Waals surface area contributed by atoms with Gasteiger partial charge in [0.15, 0.2) is 8.56 Å². The molecule has 0 aromatic carbocycles. The minimum atomic E-state index is -1.09. The van der Waals surface area contributed by atoms with Gasteiger partial charge in [-0.25, -0.2) is 0 Å². The van der Waals surface area contributed by atoms with Crippen LogP contribution in [0.25, 0.3) is 0 Å². The summed E-state index contributed by atoms with van der Waals surface area (Å²) in [6.07, 6.45) is 0.954. The van der Waals surface area contributed by atoms with E-state index in [4.69, 9.17) is 4.74 Å². The average molecular weight is 214 g/mol. The van der Waals surface area contributed by atoms with E-state index in [0.29, 0.717) is 15.2 Å². The van der Waals surface area contributed by atoms with Crippen LogP contribution in [0.2, 0.25) is 6.04 Å². The number of hydrogen-bond donors (Lipinski definition) is 1. The zero-order valence-electron chi connectivity index (χ0n) is 7.39. The van der Waals surface area contributed by atoms with Crippen molar-refractivity contribution in [1.29, 1.82) is 0 Å². The second-order valence-electron chi connectivity index (χ2n) is 2.68. The summed E-state index contributed by atoms with van der Waals surface area (Å²) in [6.45, 7) is 7.05. The first-order chi connectivity index (χ1) is 5.66. The Morgan fingerprint density at radius 3 is 2.92 bits per heavy atom. The third-order valence-electron chi connectivity index (χ3n) is 1.20. The Morgan fingerprint density at radius 2 is 2.42 bits per heavy atom. The molecule has 0 unspecified atom stereocenters. The Morgan fingerprint density at radius 1 is 1.75 bits per heavy atom. The van der Waals surface area contributed by atoms with Crippen molar-refractivity contribution >= 4 is 26.9 Å². The lowest BCUT2D eigenvalue weighted by Crippen LogP contribution is -2.22. The van der Waals surface area contributed by atoms with Gasteiger partial charge in [0.2, 0.25) is 0 Å². The van der Waals surface area contributed by atoms with Crippen molar-refractivity contribution in [2.45, 2.75) is 19.4 Å². The molecule has 2 nitrogen and oxygen atoms in total. The first-order valence-electron chi connectivity index (χ1n) is 3.86. The second kappa shape index (κ2) is 7.93. The van der Waals surface area contributed by atoms with E-state index in [0.717, 1.165) is 24.6 Å². The fraction of sp³-hybridized carbons (Fsp3) is 0.714. The van der Waals surface area contributed by atoms with Crippen LogP contribution in [0.4, 0.5) is 0 Å². The Labute approximate surface area is 81.6 Å². The van der Waals surface area contributed by atoms with Gasteiger partial charge in [0, 0.05) is 24.9 Å². The number of rotatable bonds is 7. The monoisotopic (exact) mass is 214 g/mol. The van der Waals surface area contributed by atoms with Crippen LogP contribution in [-0.4, -0.2) is 44.9 Å². The maximum absolute atomic E-state index is 9.26. The first-order valence-corrected chi connectivity index (χ1v) is 9.02. The van der Waals surface area contributed by atoms with E-state index in [1.54, 1.807) is 0 Å². The molecule has 0 amide bonds. The zero-order valence-corrected chi connectivity index (χ0v) is 10.4. The van der Waals surface area contributed by atoms with Crippen molar-refractivity contribution in [1.82, 2.24) is 0 Å². The molecule has 0 bridgehead atoms. The molecule has 0 spiro atoms. The lowest BCUT2D eigenvalue weighted by atomic mass is 10.4. The number of hydrogen-bond acceptors (Lipinski definition) is 2. The fourth-order valence-electron chi connectivity index (χ4n) is 0.651. The van der Waals surface area contributed by atoms with Crippen molar-refractivity contribution in [3.63, 3.8) is 0 Å². The van der Waals surface area contributed by atoms with Crippen molar-refractivity contribution in [3.05, 3.63) is 12.2 Å². The van der Waals surface area contributed by atoms with Gasteiger partial charge >= 0.3 is 0 Å². The van der Waals surface area contributed by atoms with Gasteiger partial charge in [0.05, 0.1) is 6.61 Å². The highest BCUT2D eigenvalue weighted by molar-refractivity contribution is 7.28. The Bertz CT molecular complexity index is 130. The third-order valence-corrected chi connectivity index (χ3v) is 6.52. The quantitative estimate of drug-likeness (QED) is 0.374. The molecule has 0 aromatic heterocycles. The van der Waals surface area contributed by atoms with Crippen LogP contribution < -0.4 is 0 Å². The van der Waals surface area contributed by atoms with Gasteiger partial charge < -0.3 is 9.53 Å². The van der Waals surface area contributed by atoms with Crippen molar-refractivity contribution < 1.29 is 9.53 Å². The average Bonchev–Trinajstić information content (AvgIpc) is 2.03. The third kappa shape index (κ3) is 8.41. The molecule has 0 aliphatic heterocycles. The molecule has 1 N–H and O–H groups in total. The highest BCUT2D eigenvalue weighted by Gasteiger charge is 2.03. The van der Waals surface area contributed by atoms with Crippen LogP contribution in [0.5, 0.6) is 0 Å². The first kappa shape index (κ1) is 12.3. The molecule has 0 aromatic rings. The smallest absolute Gasteiger partial charge is 0.182 e. The fourth-order valence-corrected chi connectivity index (χ4v) is 3.29. The summed E-state index contributed by atoms with van der Waals surface area (Å²) in [4.78, 5) is 9.26. The van der Waals surface area contributed by atoms with Gasteiger partial charge in [-0.15, -0.1) is 0 Å². The van der Waals surface area contributed by atoms with E-state index in [-0.39, 0.29) is 0 Å². The summed E-state index contributed by atoms with van der Waals surface area (Å²) in [5, 5.41) is 0. The summed E-state index contributed by atoms with van der Waals surface area (Å²) < 4.78 is 5.28. The molecule has 0 saturated heterocycles. The molecule has 5 heteroatoms. The van der Waals surface area contributed by atoms with E-state index >= 15 is 0 Å². The molecule has 6 radical (unpaired) electrons. The van der Waals surface area contributed by atoms with E-state index in [1.165, 1.54) is 0 Å². The maximum Gasteiger partial charge on any atom is 0.182 e. The Balaban J connectivity index is 3.05. The second-order valence-corrected chi connectivity index (χ2v) is 9.06. The van der Waals surface area contributed by atoms with Crippen LogP contribution in [0, 0.1) is 0 Å². The molecule has 0 saturated carbocycles. The molecule has 0 fully saturated rings. The van der Waals surface area contributed by atoms with Crippen molar-refractivity contribution in [2.75, 3.05) is 13.2 Å². The normalized spacial score (nSPS) is 10.7. The summed E-state index contributed by atoms with van der Waals surface area (Å²) in [6, 6.07) is 0.906. The molecular weight excluding hydrogens is 200 g/mol. The number of ether oxygens (including phenoxy) is 1. The molecule has 0 aliphatic rings. The molecule has 0 heterocycles. The molecule has 0 rings (SSSR count). The molecular formula is C7H14O2Si3. The Hall–Kier alpha value is 0.311.